The van der Waals surface area contributed by atoms with E-state index in [1.54, 1.807) is 6.08 Å². The summed E-state index contributed by atoms with van der Waals surface area (Å²) in [6, 6.07) is -2.02. The molecule has 102 valence electrons. The van der Waals surface area contributed by atoms with Crippen molar-refractivity contribution in [2.24, 2.45) is 0 Å². The lowest BCUT2D eigenvalue weighted by atomic mass is 10.2. The van der Waals surface area contributed by atoms with Crippen LogP contribution in [-0.2, 0) is 9.59 Å². The van der Waals surface area contributed by atoms with Gasteiger partial charge in [-0.05, 0) is 12.8 Å². The predicted molar refractivity (Wildman–Crippen MR) is 64.3 cm³/mol. The van der Waals surface area contributed by atoms with Gasteiger partial charge in [0.25, 0.3) is 0 Å². The molecule has 0 bridgehead atoms. The average Bonchev–Trinajstić information content (AvgIpc) is 2.27. The molecule has 0 spiro atoms. The summed E-state index contributed by atoms with van der Waals surface area (Å²) in [6.07, 6.45) is 2.52. The van der Waals surface area contributed by atoms with Gasteiger partial charge < -0.3 is 20.4 Å². The number of nitrogens with one attached hydrogen (secondary N) is 1. The number of carbonyl (C=O) groups is 3. The summed E-state index contributed by atoms with van der Waals surface area (Å²) < 4.78 is 0. The molecular weight excluding hydrogens is 240 g/mol. The zero-order valence-corrected chi connectivity index (χ0v) is 10.3. The van der Waals surface area contributed by atoms with E-state index in [0.29, 0.717) is 13.0 Å². The molecule has 0 radical (unpaired) electrons. The number of hydrogen-bond acceptors (Lipinski definition) is 3. The number of aliphatic carboxylic acids is 2. The van der Waals surface area contributed by atoms with Crippen LogP contribution < -0.4 is 5.32 Å². The van der Waals surface area contributed by atoms with Gasteiger partial charge in [0.05, 0.1) is 6.42 Å². The third-order valence-corrected chi connectivity index (χ3v) is 2.22. The monoisotopic (exact) mass is 258 g/mol. The normalized spacial score (nSPS) is 11.4. The molecule has 0 aromatic carbocycles. The molecule has 0 rings (SSSR count). The van der Waals surface area contributed by atoms with Crippen LogP contribution >= 0.6 is 0 Å². The number of rotatable bonds is 8. The van der Waals surface area contributed by atoms with Gasteiger partial charge in [-0.1, -0.05) is 6.08 Å². The van der Waals surface area contributed by atoms with Gasteiger partial charge in [0.15, 0.2) is 0 Å². The van der Waals surface area contributed by atoms with Gasteiger partial charge in [-0.25, -0.2) is 9.59 Å². The molecule has 0 aliphatic rings. The van der Waals surface area contributed by atoms with Crippen LogP contribution in [0.3, 0.4) is 0 Å². The second-order valence-electron chi connectivity index (χ2n) is 3.79. The maximum atomic E-state index is 11.6. The second kappa shape index (κ2) is 8.10. The SMILES string of the molecule is C=CCCCN(C)C(=O)N[C@H](CC(=O)O)C(=O)O. The lowest BCUT2D eigenvalue weighted by Gasteiger charge is -2.20. The third kappa shape index (κ3) is 6.51. The fourth-order valence-corrected chi connectivity index (χ4v) is 1.21. The number of hydrogen-bond donors (Lipinski definition) is 3. The van der Waals surface area contributed by atoms with Crippen molar-refractivity contribution in [3.8, 4) is 0 Å². The Kier molecular flexibility index (Phi) is 7.18. The highest BCUT2D eigenvalue weighted by Crippen LogP contribution is 1.97. The van der Waals surface area contributed by atoms with Gasteiger partial charge >= 0.3 is 18.0 Å². The van der Waals surface area contributed by atoms with Crippen molar-refractivity contribution in [2.75, 3.05) is 13.6 Å². The van der Waals surface area contributed by atoms with E-state index in [-0.39, 0.29) is 0 Å². The molecule has 0 saturated heterocycles. The summed E-state index contributed by atoms with van der Waals surface area (Å²) in [5, 5.41) is 19.4. The van der Waals surface area contributed by atoms with E-state index in [4.69, 9.17) is 10.2 Å². The summed E-state index contributed by atoms with van der Waals surface area (Å²) in [5.74, 6) is -2.65. The molecule has 0 aromatic rings. The first-order chi connectivity index (χ1) is 8.38. The van der Waals surface area contributed by atoms with E-state index in [2.05, 4.69) is 11.9 Å². The topological polar surface area (TPSA) is 107 Å². The smallest absolute Gasteiger partial charge is 0.326 e. The van der Waals surface area contributed by atoms with Crippen LogP contribution in [0.25, 0.3) is 0 Å². The molecule has 2 amide bonds. The van der Waals surface area contributed by atoms with Gasteiger partial charge in [0.2, 0.25) is 0 Å². The highest BCUT2D eigenvalue weighted by molar-refractivity contribution is 5.86. The molecule has 7 heteroatoms. The minimum Gasteiger partial charge on any atom is -0.481 e. The lowest BCUT2D eigenvalue weighted by molar-refractivity contribution is -0.145. The van der Waals surface area contributed by atoms with E-state index in [0.717, 1.165) is 6.42 Å². The van der Waals surface area contributed by atoms with E-state index in [9.17, 15) is 14.4 Å². The Bertz CT molecular complexity index is 329. The summed E-state index contributed by atoms with van der Waals surface area (Å²) in [5.41, 5.74) is 0. The van der Waals surface area contributed by atoms with Crippen molar-refractivity contribution >= 4 is 18.0 Å². The van der Waals surface area contributed by atoms with Gasteiger partial charge in [-0.15, -0.1) is 6.58 Å². The van der Waals surface area contributed by atoms with Gasteiger partial charge in [-0.3, -0.25) is 4.79 Å². The second-order valence-corrected chi connectivity index (χ2v) is 3.79. The Labute approximate surface area is 105 Å². The van der Waals surface area contributed by atoms with Crippen LogP contribution in [0, 0.1) is 0 Å². The molecular formula is C11H18N2O5. The first-order valence-corrected chi connectivity index (χ1v) is 5.45. The third-order valence-electron chi connectivity index (χ3n) is 2.22. The lowest BCUT2D eigenvalue weighted by Crippen LogP contribution is -2.47. The summed E-state index contributed by atoms with van der Waals surface area (Å²) in [4.78, 5) is 34.1. The van der Waals surface area contributed by atoms with Gasteiger partial charge in [0.1, 0.15) is 6.04 Å². The molecule has 0 unspecified atom stereocenters. The van der Waals surface area contributed by atoms with Crippen LogP contribution in [0.4, 0.5) is 4.79 Å². The zero-order valence-electron chi connectivity index (χ0n) is 10.3. The number of allylic oxidation sites excluding steroid dienone is 1. The van der Waals surface area contributed by atoms with Crippen molar-refractivity contribution < 1.29 is 24.6 Å². The van der Waals surface area contributed by atoms with Crippen molar-refractivity contribution in [1.82, 2.24) is 10.2 Å². The number of amides is 2. The van der Waals surface area contributed by atoms with Gasteiger partial charge in [0, 0.05) is 13.6 Å². The zero-order chi connectivity index (χ0) is 14.1. The van der Waals surface area contributed by atoms with Crippen LogP contribution in [0.5, 0.6) is 0 Å². The quantitative estimate of drug-likeness (QED) is 0.434. The molecule has 7 nitrogen and oxygen atoms in total. The van der Waals surface area contributed by atoms with Crippen LogP contribution in [-0.4, -0.2) is 52.7 Å². The molecule has 0 aliphatic heterocycles. The molecule has 18 heavy (non-hydrogen) atoms. The Morgan fingerprint density at radius 2 is 2.00 bits per heavy atom. The molecule has 0 fully saturated rings. The maximum absolute atomic E-state index is 11.6. The Morgan fingerprint density at radius 3 is 2.44 bits per heavy atom. The average molecular weight is 258 g/mol. The maximum Gasteiger partial charge on any atom is 0.326 e. The predicted octanol–water partition coefficient (Wildman–Crippen LogP) is 0.522. The first kappa shape index (κ1) is 16.0. The highest BCUT2D eigenvalue weighted by atomic mass is 16.4. The minimum absolute atomic E-state index is 0.442. The van der Waals surface area contributed by atoms with E-state index in [1.807, 2.05) is 0 Å². The highest BCUT2D eigenvalue weighted by Gasteiger charge is 2.24. The number of urea groups is 1. The van der Waals surface area contributed by atoms with Crippen molar-refractivity contribution in [1.29, 1.82) is 0 Å². The largest absolute Gasteiger partial charge is 0.481 e. The number of carboxylic acid groups (broad SMARTS) is 2. The summed E-state index contributed by atoms with van der Waals surface area (Å²) >= 11 is 0. The molecule has 0 aliphatic carbocycles. The van der Waals surface area contributed by atoms with E-state index < -0.39 is 30.4 Å². The summed E-state index contributed by atoms with van der Waals surface area (Å²) in [7, 11) is 1.51. The molecule has 0 heterocycles. The number of nitrogens with zero attached hydrogens (tertiary/aromatic N) is 1. The number of carboxylic acids is 2. The van der Waals surface area contributed by atoms with Crippen LogP contribution in [0.1, 0.15) is 19.3 Å². The fourth-order valence-electron chi connectivity index (χ4n) is 1.21. The molecule has 0 saturated carbocycles. The van der Waals surface area contributed by atoms with Crippen molar-refractivity contribution in [3.05, 3.63) is 12.7 Å². The standard InChI is InChI=1S/C11H18N2O5/c1-3-4-5-6-13(2)11(18)12-8(10(16)17)7-9(14)15/h3,8H,1,4-7H2,2H3,(H,12,18)(H,14,15)(H,16,17)/t8-/m1/s1. The number of unbranched alkanes of at least 4 members (excludes halogenated alkanes) is 1. The minimum atomic E-state index is -1.42. The summed E-state index contributed by atoms with van der Waals surface area (Å²) in [6.45, 7) is 3.99. The van der Waals surface area contributed by atoms with E-state index >= 15 is 0 Å². The van der Waals surface area contributed by atoms with Crippen molar-refractivity contribution in [3.63, 3.8) is 0 Å². The molecule has 0 aromatic heterocycles. The Morgan fingerprint density at radius 1 is 1.39 bits per heavy atom. The fraction of sp³-hybridized carbons (Fsp3) is 0.545. The first-order valence-electron chi connectivity index (χ1n) is 5.45. The molecule has 3 N–H and O–H groups in total. The van der Waals surface area contributed by atoms with Crippen LogP contribution in [0.15, 0.2) is 12.7 Å². The number of carbonyl (C=O) groups excluding carboxylic acids is 1. The Hall–Kier alpha value is -2.05. The Balaban J connectivity index is 4.27. The van der Waals surface area contributed by atoms with Crippen molar-refractivity contribution in [2.45, 2.75) is 25.3 Å². The van der Waals surface area contributed by atoms with Crippen LogP contribution in [0.2, 0.25) is 0 Å². The van der Waals surface area contributed by atoms with E-state index in [1.165, 1.54) is 11.9 Å². The molecule has 1 atom stereocenters. The van der Waals surface area contributed by atoms with Gasteiger partial charge in [-0.2, -0.15) is 0 Å².